The van der Waals surface area contributed by atoms with Crippen LogP contribution in [0.25, 0.3) is 0 Å². The average molecular weight is 185 g/mol. The van der Waals surface area contributed by atoms with Gasteiger partial charge in [0.05, 0.1) is 6.61 Å². The van der Waals surface area contributed by atoms with Gasteiger partial charge in [-0.15, -0.1) is 0 Å². The van der Waals surface area contributed by atoms with Crippen molar-refractivity contribution in [1.82, 2.24) is 5.32 Å². The predicted octanol–water partition coefficient (Wildman–Crippen LogP) is 2.68. The Morgan fingerprint density at radius 1 is 1.23 bits per heavy atom. The molecule has 13 heavy (non-hydrogen) atoms. The van der Waals surface area contributed by atoms with Crippen molar-refractivity contribution in [1.29, 1.82) is 0 Å². The molecule has 2 heteroatoms. The highest BCUT2D eigenvalue weighted by atomic mass is 16.5. The second-order valence-corrected chi connectivity index (χ2v) is 4.99. The molecule has 0 aliphatic carbocycles. The SMILES string of the molecule is CCCCCC1(C)NC(C)(C)CO1. The van der Waals surface area contributed by atoms with E-state index in [1.54, 1.807) is 0 Å². The van der Waals surface area contributed by atoms with Crippen molar-refractivity contribution in [2.45, 2.75) is 64.6 Å². The minimum Gasteiger partial charge on any atom is -0.359 e. The van der Waals surface area contributed by atoms with Crippen LogP contribution in [0.3, 0.4) is 0 Å². The molecule has 0 aromatic rings. The Bertz CT molecular complexity index is 167. The molecule has 1 aliphatic rings. The summed E-state index contributed by atoms with van der Waals surface area (Å²) >= 11 is 0. The molecule has 0 radical (unpaired) electrons. The van der Waals surface area contributed by atoms with Crippen LogP contribution in [0.1, 0.15) is 53.4 Å². The standard InChI is InChI=1S/C11H23NO/c1-5-6-7-8-11(4)12-10(2,3)9-13-11/h12H,5-9H2,1-4H3. The zero-order valence-corrected chi connectivity index (χ0v) is 9.44. The van der Waals surface area contributed by atoms with Crippen LogP contribution in [0.15, 0.2) is 0 Å². The highest BCUT2D eigenvalue weighted by molar-refractivity contribution is 4.91. The molecule has 0 bridgehead atoms. The second-order valence-electron chi connectivity index (χ2n) is 4.99. The first-order valence-electron chi connectivity index (χ1n) is 5.41. The van der Waals surface area contributed by atoms with E-state index in [1.165, 1.54) is 19.3 Å². The number of ether oxygens (including phenoxy) is 1. The summed E-state index contributed by atoms with van der Waals surface area (Å²) in [6.45, 7) is 9.61. The van der Waals surface area contributed by atoms with Crippen LogP contribution in [0.2, 0.25) is 0 Å². The molecule has 78 valence electrons. The molecule has 1 N–H and O–H groups in total. The molecule has 1 fully saturated rings. The first-order chi connectivity index (χ1) is 5.97. The summed E-state index contributed by atoms with van der Waals surface area (Å²) in [5.41, 5.74) is 0.0830. The summed E-state index contributed by atoms with van der Waals surface area (Å²) in [7, 11) is 0. The van der Waals surface area contributed by atoms with Crippen molar-refractivity contribution in [3.05, 3.63) is 0 Å². The number of nitrogens with one attached hydrogen (secondary N) is 1. The topological polar surface area (TPSA) is 21.3 Å². The van der Waals surface area contributed by atoms with Crippen molar-refractivity contribution in [3.8, 4) is 0 Å². The fourth-order valence-corrected chi connectivity index (χ4v) is 1.97. The van der Waals surface area contributed by atoms with Gasteiger partial charge in [0.25, 0.3) is 0 Å². The largest absolute Gasteiger partial charge is 0.359 e. The fourth-order valence-electron chi connectivity index (χ4n) is 1.97. The van der Waals surface area contributed by atoms with E-state index in [4.69, 9.17) is 4.74 Å². The molecule has 0 amide bonds. The van der Waals surface area contributed by atoms with Crippen molar-refractivity contribution < 1.29 is 4.74 Å². The third kappa shape index (κ3) is 3.28. The van der Waals surface area contributed by atoms with E-state index in [0.29, 0.717) is 0 Å². The molecule has 1 atom stereocenters. The Labute approximate surface area is 82.0 Å². The lowest BCUT2D eigenvalue weighted by atomic mass is 10.0. The maximum absolute atomic E-state index is 5.79. The van der Waals surface area contributed by atoms with Gasteiger partial charge in [0.1, 0.15) is 5.72 Å². The van der Waals surface area contributed by atoms with Gasteiger partial charge in [-0.05, 0) is 33.6 Å². The number of rotatable bonds is 4. The summed E-state index contributed by atoms with van der Waals surface area (Å²) in [5.74, 6) is 0. The van der Waals surface area contributed by atoms with Gasteiger partial charge in [0, 0.05) is 5.54 Å². The molecule has 1 unspecified atom stereocenters. The molecule has 0 saturated carbocycles. The lowest BCUT2D eigenvalue weighted by Crippen LogP contribution is -2.46. The Balaban J connectivity index is 2.32. The Morgan fingerprint density at radius 2 is 1.92 bits per heavy atom. The molecule has 0 spiro atoms. The first-order valence-corrected chi connectivity index (χ1v) is 5.41. The van der Waals surface area contributed by atoms with E-state index >= 15 is 0 Å². The van der Waals surface area contributed by atoms with E-state index < -0.39 is 0 Å². The van der Waals surface area contributed by atoms with E-state index in [-0.39, 0.29) is 11.3 Å². The van der Waals surface area contributed by atoms with Crippen LogP contribution in [0, 0.1) is 0 Å². The van der Waals surface area contributed by atoms with Crippen molar-refractivity contribution in [2.75, 3.05) is 6.61 Å². The Morgan fingerprint density at radius 3 is 2.38 bits per heavy atom. The van der Waals surface area contributed by atoms with Crippen molar-refractivity contribution in [3.63, 3.8) is 0 Å². The van der Waals surface area contributed by atoms with Gasteiger partial charge in [-0.2, -0.15) is 0 Å². The van der Waals surface area contributed by atoms with Crippen LogP contribution in [0.5, 0.6) is 0 Å². The van der Waals surface area contributed by atoms with Gasteiger partial charge in [-0.3, -0.25) is 5.32 Å². The summed E-state index contributed by atoms with van der Waals surface area (Å²) in [6.07, 6.45) is 4.97. The number of unbranched alkanes of at least 4 members (excludes halogenated alkanes) is 2. The third-order valence-corrected chi connectivity index (χ3v) is 2.61. The molecule has 0 aromatic heterocycles. The van der Waals surface area contributed by atoms with E-state index in [9.17, 15) is 0 Å². The maximum Gasteiger partial charge on any atom is 0.116 e. The van der Waals surface area contributed by atoms with E-state index in [2.05, 4.69) is 33.0 Å². The zero-order chi connectivity index (χ0) is 9.95. The van der Waals surface area contributed by atoms with Crippen molar-refractivity contribution in [2.24, 2.45) is 0 Å². The van der Waals surface area contributed by atoms with Crippen molar-refractivity contribution >= 4 is 0 Å². The second kappa shape index (κ2) is 3.97. The fraction of sp³-hybridized carbons (Fsp3) is 1.00. The van der Waals surface area contributed by atoms with Gasteiger partial charge in [-0.1, -0.05) is 19.8 Å². The third-order valence-electron chi connectivity index (χ3n) is 2.61. The molecule has 1 heterocycles. The van der Waals surface area contributed by atoms with Gasteiger partial charge >= 0.3 is 0 Å². The summed E-state index contributed by atoms with van der Waals surface area (Å²) in [4.78, 5) is 0. The van der Waals surface area contributed by atoms with Gasteiger partial charge < -0.3 is 4.74 Å². The smallest absolute Gasteiger partial charge is 0.116 e. The molecule has 1 aliphatic heterocycles. The Hall–Kier alpha value is -0.0800. The quantitative estimate of drug-likeness (QED) is 0.680. The number of hydrogen-bond donors (Lipinski definition) is 1. The number of hydrogen-bond acceptors (Lipinski definition) is 2. The van der Waals surface area contributed by atoms with E-state index in [1.807, 2.05) is 0 Å². The van der Waals surface area contributed by atoms with Crippen LogP contribution in [-0.4, -0.2) is 17.9 Å². The van der Waals surface area contributed by atoms with Gasteiger partial charge in [-0.25, -0.2) is 0 Å². The van der Waals surface area contributed by atoms with Crippen LogP contribution < -0.4 is 5.32 Å². The molecule has 0 aromatic carbocycles. The van der Waals surface area contributed by atoms with Crippen LogP contribution in [0.4, 0.5) is 0 Å². The molecule has 1 saturated heterocycles. The highest BCUT2D eigenvalue weighted by Gasteiger charge is 2.39. The maximum atomic E-state index is 5.79. The predicted molar refractivity (Wildman–Crippen MR) is 55.7 cm³/mol. The molecule has 1 rings (SSSR count). The lowest BCUT2D eigenvalue weighted by molar-refractivity contribution is -0.00264. The lowest BCUT2D eigenvalue weighted by Gasteiger charge is -2.26. The van der Waals surface area contributed by atoms with Gasteiger partial charge in [0.15, 0.2) is 0 Å². The molecular formula is C11H23NO. The summed E-state index contributed by atoms with van der Waals surface area (Å²) < 4.78 is 5.79. The summed E-state index contributed by atoms with van der Waals surface area (Å²) in [6, 6.07) is 0. The monoisotopic (exact) mass is 185 g/mol. The minimum absolute atomic E-state index is 0.0708. The molecular weight excluding hydrogens is 162 g/mol. The first kappa shape index (κ1) is 11.0. The van der Waals surface area contributed by atoms with Crippen LogP contribution in [-0.2, 0) is 4.74 Å². The minimum atomic E-state index is -0.0708. The Kier molecular flexibility index (Phi) is 3.36. The summed E-state index contributed by atoms with van der Waals surface area (Å²) in [5, 5.41) is 3.54. The highest BCUT2D eigenvalue weighted by Crippen LogP contribution is 2.27. The zero-order valence-electron chi connectivity index (χ0n) is 9.44. The van der Waals surface area contributed by atoms with Crippen LogP contribution >= 0.6 is 0 Å². The van der Waals surface area contributed by atoms with Gasteiger partial charge in [0.2, 0.25) is 0 Å². The molecule has 2 nitrogen and oxygen atoms in total. The average Bonchev–Trinajstić information content (AvgIpc) is 2.27. The normalized spacial score (nSPS) is 32.3. The van der Waals surface area contributed by atoms with E-state index in [0.717, 1.165) is 13.0 Å².